The molecule has 0 aromatic heterocycles. The number of allylic oxidation sites excluding steroid dienone is 1. The van der Waals surface area contributed by atoms with Gasteiger partial charge in [-0.2, -0.15) is 0 Å². The molecule has 1 aromatic carbocycles. The molecule has 0 radical (unpaired) electrons. The second-order valence-electron chi connectivity index (χ2n) is 4.77. The van der Waals surface area contributed by atoms with Crippen molar-refractivity contribution in [2.24, 2.45) is 0 Å². The normalized spacial score (nSPS) is 12.2. The van der Waals surface area contributed by atoms with Gasteiger partial charge in [-0.1, -0.05) is 36.4 Å². The first-order valence-corrected chi connectivity index (χ1v) is 6.57. The number of benzene rings is 2. The minimum absolute atomic E-state index is 0.0404. The highest BCUT2D eigenvalue weighted by Gasteiger charge is 2.10. The standard InChI is InChI=1S/C18H15NO/c1-2-18(14-6-4-3-5-7-14)19-11-10-15-12-17(20)9-8-16(15)13-19/h2-13,18H,1H2/t18-/m1/s1. The number of aromatic nitrogens is 1. The van der Waals surface area contributed by atoms with Crippen LogP contribution in [0.4, 0.5) is 0 Å². The van der Waals surface area contributed by atoms with Crippen LogP contribution in [0.15, 0.2) is 84.4 Å². The fraction of sp³-hybridized carbons (Fsp3) is 0.0556. The van der Waals surface area contributed by atoms with E-state index in [4.69, 9.17) is 0 Å². The number of rotatable bonds is 3. The fourth-order valence-electron chi connectivity index (χ4n) is 2.44. The van der Waals surface area contributed by atoms with Crippen molar-refractivity contribution in [2.45, 2.75) is 6.04 Å². The van der Waals surface area contributed by atoms with Crippen molar-refractivity contribution in [1.82, 2.24) is 4.57 Å². The lowest BCUT2D eigenvalue weighted by atomic mass is 10.0. The first-order valence-electron chi connectivity index (χ1n) is 6.57. The summed E-state index contributed by atoms with van der Waals surface area (Å²) in [4.78, 5) is 11.4. The summed E-state index contributed by atoms with van der Waals surface area (Å²) in [5.41, 5.74) is 3.24. The van der Waals surface area contributed by atoms with Crippen molar-refractivity contribution in [2.75, 3.05) is 0 Å². The minimum atomic E-state index is 0.0404. The second kappa shape index (κ2) is 5.17. The van der Waals surface area contributed by atoms with Crippen molar-refractivity contribution in [3.8, 4) is 11.1 Å². The molecule has 2 nitrogen and oxygen atoms in total. The van der Waals surface area contributed by atoms with E-state index in [1.807, 2.05) is 48.8 Å². The number of nitrogens with zero attached hydrogens (tertiary/aromatic N) is 1. The van der Waals surface area contributed by atoms with Gasteiger partial charge in [0.05, 0.1) is 6.04 Å². The Morgan fingerprint density at radius 3 is 2.55 bits per heavy atom. The average molecular weight is 261 g/mol. The molecule has 0 saturated heterocycles. The van der Waals surface area contributed by atoms with Crippen LogP contribution in [-0.2, 0) is 0 Å². The zero-order valence-electron chi connectivity index (χ0n) is 11.1. The van der Waals surface area contributed by atoms with Crippen molar-refractivity contribution < 1.29 is 0 Å². The van der Waals surface area contributed by atoms with Crippen LogP contribution in [0.5, 0.6) is 0 Å². The van der Waals surface area contributed by atoms with Gasteiger partial charge in [-0.3, -0.25) is 4.79 Å². The average Bonchev–Trinajstić information content (AvgIpc) is 2.49. The highest BCUT2D eigenvalue weighted by atomic mass is 16.1. The smallest absolute Gasteiger partial charge is 0.179 e. The summed E-state index contributed by atoms with van der Waals surface area (Å²) in [7, 11) is 0. The third kappa shape index (κ3) is 2.28. The molecule has 3 rings (SSSR count). The van der Waals surface area contributed by atoms with E-state index in [0.29, 0.717) is 0 Å². The van der Waals surface area contributed by atoms with Crippen molar-refractivity contribution in [1.29, 1.82) is 0 Å². The Labute approximate surface area is 118 Å². The van der Waals surface area contributed by atoms with Gasteiger partial charge in [0.15, 0.2) is 5.43 Å². The summed E-state index contributed by atoms with van der Waals surface area (Å²) in [6, 6.07) is 17.4. The Balaban J connectivity index is 2.10. The van der Waals surface area contributed by atoms with E-state index >= 15 is 0 Å². The van der Waals surface area contributed by atoms with Crippen LogP contribution in [0.1, 0.15) is 11.6 Å². The summed E-state index contributed by atoms with van der Waals surface area (Å²) >= 11 is 0. The maximum atomic E-state index is 11.4. The topological polar surface area (TPSA) is 22.0 Å². The molecule has 0 unspecified atom stereocenters. The summed E-state index contributed by atoms with van der Waals surface area (Å²) in [5.74, 6) is 0. The molecule has 0 bridgehead atoms. The Hall–Kier alpha value is -2.61. The molecule has 2 aliphatic rings. The molecular formula is C18H15NO. The predicted molar refractivity (Wildman–Crippen MR) is 82.1 cm³/mol. The van der Waals surface area contributed by atoms with Crippen LogP contribution in [0, 0.1) is 0 Å². The molecule has 20 heavy (non-hydrogen) atoms. The van der Waals surface area contributed by atoms with Gasteiger partial charge in [-0.25, -0.2) is 0 Å². The first kappa shape index (κ1) is 12.4. The SMILES string of the molecule is C=C[C@H](c1ccccc1)n1ccc2cc(=O)ccc-2c1. The lowest BCUT2D eigenvalue weighted by molar-refractivity contribution is 0.696. The van der Waals surface area contributed by atoms with E-state index in [0.717, 1.165) is 11.1 Å². The van der Waals surface area contributed by atoms with E-state index in [2.05, 4.69) is 23.3 Å². The Kier molecular flexibility index (Phi) is 3.21. The lowest BCUT2D eigenvalue weighted by Crippen LogP contribution is -2.09. The van der Waals surface area contributed by atoms with Crippen molar-refractivity contribution in [3.05, 3.63) is 95.4 Å². The van der Waals surface area contributed by atoms with Gasteiger partial charge in [-0.15, -0.1) is 6.58 Å². The van der Waals surface area contributed by atoms with E-state index < -0.39 is 0 Å². The summed E-state index contributed by atoms with van der Waals surface area (Å²) in [5, 5.41) is 0. The fourth-order valence-corrected chi connectivity index (χ4v) is 2.44. The molecular weight excluding hydrogens is 246 g/mol. The molecule has 1 atom stereocenters. The maximum absolute atomic E-state index is 11.4. The molecule has 0 N–H and O–H groups in total. The molecule has 0 fully saturated rings. The van der Waals surface area contributed by atoms with Crippen LogP contribution < -0.4 is 5.43 Å². The van der Waals surface area contributed by atoms with Gasteiger partial charge < -0.3 is 4.57 Å². The van der Waals surface area contributed by atoms with Gasteiger partial charge in [0.1, 0.15) is 0 Å². The van der Waals surface area contributed by atoms with Gasteiger partial charge in [0.25, 0.3) is 0 Å². The zero-order valence-corrected chi connectivity index (χ0v) is 11.1. The predicted octanol–water partition coefficient (Wildman–Crippen LogP) is 3.73. The third-order valence-electron chi connectivity index (χ3n) is 3.46. The Bertz CT molecular complexity index is 758. The summed E-state index contributed by atoms with van der Waals surface area (Å²) < 4.78 is 2.11. The molecule has 0 amide bonds. The van der Waals surface area contributed by atoms with E-state index in [1.54, 1.807) is 12.1 Å². The lowest BCUT2D eigenvalue weighted by Gasteiger charge is -2.19. The number of hydrogen-bond acceptors (Lipinski definition) is 1. The minimum Gasteiger partial charge on any atom is -0.343 e. The first-order chi connectivity index (χ1) is 9.78. The number of fused-ring (bicyclic) bond motifs is 1. The van der Waals surface area contributed by atoms with Crippen LogP contribution in [0.3, 0.4) is 0 Å². The molecule has 0 spiro atoms. The quantitative estimate of drug-likeness (QED) is 0.658. The van der Waals surface area contributed by atoms with Gasteiger partial charge in [0.2, 0.25) is 0 Å². The Morgan fingerprint density at radius 2 is 1.80 bits per heavy atom. The van der Waals surface area contributed by atoms with E-state index in [1.165, 1.54) is 5.56 Å². The molecule has 1 aliphatic carbocycles. The highest BCUT2D eigenvalue weighted by molar-refractivity contribution is 5.63. The van der Waals surface area contributed by atoms with Crippen molar-refractivity contribution in [3.63, 3.8) is 0 Å². The molecule has 2 heteroatoms. The van der Waals surface area contributed by atoms with E-state index in [-0.39, 0.29) is 11.5 Å². The van der Waals surface area contributed by atoms with E-state index in [9.17, 15) is 4.79 Å². The van der Waals surface area contributed by atoms with Gasteiger partial charge >= 0.3 is 0 Å². The summed E-state index contributed by atoms with van der Waals surface area (Å²) in [6.45, 7) is 3.94. The second-order valence-corrected chi connectivity index (χ2v) is 4.77. The molecule has 1 heterocycles. The van der Waals surface area contributed by atoms with Gasteiger partial charge in [-0.05, 0) is 41.0 Å². The molecule has 1 aliphatic heterocycles. The molecule has 1 aromatic rings. The van der Waals surface area contributed by atoms with Crippen molar-refractivity contribution >= 4 is 0 Å². The van der Waals surface area contributed by atoms with Crippen LogP contribution in [0.25, 0.3) is 11.1 Å². The van der Waals surface area contributed by atoms with Crippen LogP contribution in [-0.4, -0.2) is 4.57 Å². The number of pyridine rings is 1. The molecule has 0 saturated carbocycles. The van der Waals surface area contributed by atoms with Gasteiger partial charge in [0, 0.05) is 12.4 Å². The molecule has 98 valence electrons. The largest absolute Gasteiger partial charge is 0.343 e. The highest BCUT2D eigenvalue weighted by Crippen LogP contribution is 2.24. The third-order valence-corrected chi connectivity index (χ3v) is 3.46. The van der Waals surface area contributed by atoms with Crippen LogP contribution >= 0.6 is 0 Å². The summed E-state index contributed by atoms with van der Waals surface area (Å²) in [6.07, 6.45) is 5.96. The van der Waals surface area contributed by atoms with Crippen LogP contribution in [0.2, 0.25) is 0 Å². The maximum Gasteiger partial charge on any atom is 0.179 e. The monoisotopic (exact) mass is 261 g/mol. The Morgan fingerprint density at radius 1 is 1.00 bits per heavy atom. The zero-order chi connectivity index (χ0) is 13.9. The number of hydrogen-bond donors (Lipinski definition) is 0.